The minimum Gasteiger partial charge on any atom is -0.497 e. The maximum atomic E-state index is 12.0. The van der Waals surface area contributed by atoms with Gasteiger partial charge in [0.1, 0.15) is 11.5 Å². The quantitative estimate of drug-likeness (QED) is 0.796. The summed E-state index contributed by atoms with van der Waals surface area (Å²) in [7, 11) is 2.84. The first-order valence-electron chi connectivity index (χ1n) is 4.44. The number of hydrogen-bond acceptors (Lipinski definition) is 2. The number of hydrogen-bond donors (Lipinski definition) is 0. The first-order chi connectivity index (χ1) is 7.46. The summed E-state index contributed by atoms with van der Waals surface area (Å²) in [6, 6.07) is 4.64. The Balaban J connectivity index is 3.05. The molecule has 0 aliphatic heterocycles. The molecule has 0 heterocycles. The van der Waals surface area contributed by atoms with E-state index in [2.05, 4.69) is 0 Å². The third kappa shape index (κ3) is 3.49. The van der Waals surface area contributed by atoms with E-state index >= 15 is 0 Å². The average Bonchev–Trinajstić information content (AvgIpc) is 2.25. The van der Waals surface area contributed by atoms with Crippen LogP contribution in [0.3, 0.4) is 0 Å². The van der Waals surface area contributed by atoms with Crippen LogP contribution in [0.4, 0.5) is 13.2 Å². The number of ether oxygens (including phenoxy) is 2. The molecule has 5 heteroatoms. The van der Waals surface area contributed by atoms with Gasteiger partial charge in [0.15, 0.2) is 0 Å². The molecule has 2 nitrogen and oxygen atoms in total. The van der Waals surface area contributed by atoms with Crippen LogP contribution in [0, 0.1) is 0 Å². The van der Waals surface area contributed by atoms with Gasteiger partial charge in [-0.05, 0) is 24.3 Å². The second kappa shape index (κ2) is 4.92. The first kappa shape index (κ1) is 12.4. The van der Waals surface area contributed by atoms with Gasteiger partial charge in [-0.3, -0.25) is 0 Å². The van der Waals surface area contributed by atoms with Crippen molar-refractivity contribution in [2.75, 3.05) is 14.2 Å². The van der Waals surface area contributed by atoms with Gasteiger partial charge >= 0.3 is 6.18 Å². The van der Waals surface area contributed by atoms with E-state index in [1.807, 2.05) is 0 Å². The van der Waals surface area contributed by atoms with Crippen molar-refractivity contribution in [1.29, 1.82) is 0 Å². The smallest absolute Gasteiger partial charge is 0.409 e. The van der Waals surface area contributed by atoms with Crippen molar-refractivity contribution < 1.29 is 22.6 Å². The van der Waals surface area contributed by atoms with E-state index in [1.165, 1.54) is 20.3 Å². The molecule has 0 saturated carbocycles. The Morgan fingerprint density at radius 1 is 1.12 bits per heavy atom. The molecular weight excluding hydrogens is 221 g/mol. The molecule has 0 amide bonds. The number of halogens is 3. The third-order valence-electron chi connectivity index (χ3n) is 1.89. The fourth-order valence-electron chi connectivity index (χ4n) is 1.15. The predicted octanol–water partition coefficient (Wildman–Crippen LogP) is 3.28. The topological polar surface area (TPSA) is 18.5 Å². The molecule has 0 fully saturated rings. The molecule has 0 aromatic heterocycles. The summed E-state index contributed by atoms with van der Waals surface area (Å²) in [5, 5.41) is 0. The molecule has 16 heavy (non-hydrogen) atoms. The molecule has 0 unspecified atom stereocenters. The Morgan fingerprint density at radius 2 is 1.81 bits per heavy atom. The van der Waals surface area contributed by atoms with Crippen LogP contribution in [0.2, 0.25) is 0 Å². The molecule has 0 atom stereocenters. The second-order valence-corrected chi connectivity index (χ2v) is 2.98. The van der Waals surface area contributed by atoms with Gasteiger partial charge in [0, 0.05) is 11.6 Å². The summed E-state index contributed by atoms with van der Waals surface area (Å²) < 4.78 is 45.9. The molecule has 0 spiro atoms. The van der Waals surface area contributed by atoms with E-state index in [1.54, 1.807) is 12.1 Å². The number of rotatable bonds is 3. The molecule has 1 aromatic carbocycles. The Labute approximate surface area is 91.3 Å². The van der Waals surface area contributed by atoms with Gasteiger partial charge in [-0.15, -0.1) is 0 Å². The lowest BCUT2D eigenvalue weighted by atomic mass is 10.1. The SMILES string of the molecule is COc1ccc(OC)c(/C=C/C(F)(F)F)c1. The maximum Gasteiger partial charge on any atom is 0.409 e. The van der Waals surface area contributed by atoms with Gasteiger partial charge in [-0.1, -0.05) is 0 Å². The highest BCUT2D eigenvalue weighted by Crippen LogP contribution is 2.27. The van der Waals surface area contributed by atoms with Crippen molar-refractivity contribution in [3.05, 3.63) is 29.8 Å². The summed E-state index contributed by atoms with van der Waals surface area (Å²) in [5.41, 5.74) is 0.319. The lowest BCUT2D eigenvalue weighted by Gasteiger charge is -2.07. The summed E-state index contributed by atoms with van der Waals surface area (Å²) in [4.78, 5) is 0. The molecule has 1 aromatic rings. The van der Waals surface area contributed by atoms with Crippen molar-refractivity contribution in [3.8, 4) is 11.5 Å². The van der Waals surface area contributed by atoms with Crippen LogP contribution in [0.25, 0.3) is 6.08 Å². The highest BCUT2D eigenvalue weighted by molar-refractivity contribution is 5.60. The van der Waals surface area contributed by atoms with Gasteiger partial charge in [0.25, 0.3) is 0 Å². The summed E-state index contributed by atoms with van der Waals surface area (Å²) in [6.45, 7) is 0. The van der Waals surface area contributed by atoms with E-state index in [0.717, 1.165) is 6.08 Å². The summed E-state index contributed by atoms with van der Waals surface area (Å²) >= 11 is 0. The number of alkyl halides is 3. The number of methoxy groups -OCH3 is 2. The van der Waals surface area contributed by atoms with Crippen LogP contribution in [0.5, 0.6) is 11.5 Å². The van der Waals surface area contributed by atoms with Gasteiger partial charge in [0.2, 0.25) is 0 Å². The molecule has 0 aliphatic rings. The highest BCUT2D eigenvalue weighted by Gasteiger charge is 2.22. The monoisotopic (exact) mass is 232 g/mol. The lowest BCUT2D eigenvalue weighted by molar-refractivity contribution is -0.0790. The van der Waals surface area contributed by atoms with Gasteiger partial charge in [-0.2, -0.15) is 13.2 Å². The third-order valence-corrected chi connectivity index (χ3v) is 1.89. The van der Waals surface area contributed by atoms with Crippen LogP contribution in [0.15, 0.2) is 24.3 Å². The zero-order valence-corrected chi connectivity index (χ0v) is 8.84. The molecule has 0 aliphatic carbocycles. The normalized spacial score (nSPS) is 11.8. The van der Waals surface area contributed by atoms with Crippen molar-refractivity contribution in [1.82, 2.24) is 0 Å². The highest BCUT2D eigenvalue weighted by atomic mass is 19.4. The van der Waals surface area contributed by atoms with Crippen LogP contribution in [-0.4, -0.2) is 20.4 Å². The zero-order valence-electron chi connectivity index (χ0n) is 8.84. The maximum absolute atomic E-state index is 12.0. The van der Waals surface area contributed by atoms with Crippen molar-refractivity contribution in [2.45, 2.75) is 6.18 Å². The fraction of sp³-hybridized carbons (Fsp3) is 0.273. The largest absolute Gasteiger partial charge is 0.497 e. The Hall–Kier alpha value is -1.65. The molecule has 1 rings (SSSR count). The van der Waals surface area contributed by atoms with Crippen molar-refractivity contribution in [3.63, 3.8) is 0 Å². The molecule has 0 saturated heterocycles. The van der Waals surface area contributed by atoms with E-state index < -0.39 is 6.18 Å². The van der Waals surface area contributed by atoms with Gasteiger partial charge in [0.05, 0.1) is 14.2 Å². The Morgan fingerprint density at radius 3 is 2.31 bits per heavy atom. The predicted molar refractivity (Wildman–Crippen MR) is 54.6 cm³/mol. The van der Waals surface area contributed by atoms with Gasteiger partial charge < -0.3 is 9.47 Å². The fourth-order valence-corrected chi connectivity index (χ4v) is 1.15. The zero-order chi connectivity index (χ0) is 12.2. The molecule has 0 N–H and O–H groups in total. The standard InChI is InChI=1S/C11H11F3O2/c1-15-9-3-4-10(16-2)8(7-9)5-6-11(12,13)14/h3-7H,1-2H3/b6-5+. The first-order valence-corrected chi connectivity index (χ1v) is 4.44. The van der Waals surface area contributed by atoms with Gasteiger partial charge in [-0.25, -0.2) is 0 Å². The minimum atomic E-state index is -4.34. The molecule has 0 bridgehead atoms. The minimum absolute atomic E-state index is 0.157. The Kier molecular flexibility index (Phi) is 3.82. The second-order valence-electron chi connectivity index (χ2n) is 2.98. The van der Waals surface area contributed by atoms with Crippen molar-refractivity contribution in [2.24, 2.45) is 0 Å². The number of benzene rings is 1. The van der Waals surface area contributed by atoms with Crippen LogP contribution >= 0.6 is 0 Å². The molecule has 88 valence electrons. The molecule has 0 radical (unpaired) electrons. The number of allylic oxidation sites excluding steroid dienone is 1. The van der Waals surface area contributed by atoms with E-state index in [-0.39, 0.29) is 6.08 Å². The van der Waals surface area contributed by atoms with Crippen LogP contribution < -0.4 is 9.47 Å². The van der Waals surface area contributed by atoms with Crippen LogP contribution in [-0.2, 0) is 0 Å². The summed E-state index contributed by atoms with van der Waals surface area (Å²) in [5.74, 6) is 0.837. The average molecular weight is 232 g/mol. The van der Waals surface area contributed by atoms with Crippen molar-refractivity contribution >= 4 is 6.08 Å². The van der Waals surface area contributed by atoms with Crippen LogP contribution in [0.1, 0.15) is 5.56 Å². The van der Waals surface area contributed by atoms with E-state index in [0.29, 0.717) is 17.1 Å². The molecular formula is C11H11F3O2. The lowest BCUT2D eigenvalue weighted by Crippen LogP contribution is -2.00. The Bertz CT molecular complexity index is 383. The van der Waals surface area contributed by atoms with E-state index in [9.17, 15) is 13.2 Å². The summed E-state index contributed by atoms with van der Waals surface area (Å²) in [6.07, 6.45) is -3.24. The van der Waals surface area contributed by atoms with E-state index in [4.69, 9.17) is 9.47 Å².